The van der Waals surface area contributed by atoms with E-state index in [9.17, 15) is 0 Å². The molecule has 0 radical (unpaired) electrons. The highest BCUT2D eigenvalue weighted by Gasteiger charge is 2.45. The SMILES string of the molecule is Cc1cc(C)c(-c2cc3c4c(c2)N(c2cc(C(C)(C)C)cc(C(C)(C)C)c2)c2cc(C(C)(C)C)ccc2B4c2ccc(C(C)(C)C)cc2N3c2cc(C(C)(C)C)cc(C(C)(C)C)c2)c(C)c1. The largest absolute Gasteiger partial charge is 0.311 e. The third-order valence-corrected chi connectivity index (χ3v) is 14.6. The van der Waals surface area contributed by atoms with Gasteiger partial charge in [0.2, 0.25) is 0 Å². The van der Waals surface area contributed by atoms with Gasteiger partial charge in [0.1, 0.15) is 0 Å². The number of hydrogen-bond donors (Lipinski definition) is 0. The average Bonchev–Trinajstić information content (AvgIpc) is 3.17. The lowest BCUT2D eigenvalue weighted by Crippen LogP contribution is -2.61. The summed E-state index contributed by atoms with van der Waals surface area (Å²) in [6, 6.07) is 39.6. The van der Waals surface area contributed by atoms with Crippen LogP contribution >= 0.6 is 0 Å². The van der Waals surface area contributed by atoms with E-state index in [1.807, 2.05) is 0 Å². The zero-order chi connectivity index (χ0) is 48.6. The molecule has 2 heterocycles. The number of fused-ring (bicyclic) bond motifs is 4. The molecule has 8 rings (SSSR count). The van der Waals surface area contributed by atoms with Gasteiger partial charge in [0.05, 0.1) is 0 Å². The number of rotatable bonds is 3. The molecule has 6 aromatic rings. The van der Waals surface area contributed by atoms with E-state index in [0.717, 1.165) is 0 Å². The van der Waals surface area contributed by atoms with E-state index in [1.165, 1.54) is 112 Å². The van der Waals surface area contributed by atoms with E-state index >= 15 is 0 Å². The Morgan fingerprint density at radius 1 is 0.333 bits per heavy atom. The lowest BCUT2D eigenvalue weighted by molar-refractivity contribution is 0.568. The number of anilines is 6. The van der Waals surface area contributed by atoms with Crippen LogP contribution in [0.25, 0.3) is 11.1 Å². The maximum atomic E-state index is 2.67. The van der Waals surface area contributed by atoms with Crippen molar-refractivity contribution >= 4 is 57.2 Å². The molecule has 2 nitrogen and oxygen atoms in total. The van der Waals surface area contributed by atoms with Gasteiger partial charge in [-0.2, -0.15) is 0 Å². The number of aryl methyl sites for hydroxylation is 3. The van der Waals surface area contributed by atoms with Gasteiger partial charge in [-0.15, -0.1) is 0 Å². The van der Waals surface area contributed by atoms with Crippen LogP contribution in [0.1, 0.15) is 175 Å². The van der Waals surface area contributed by atoms with Crippen molar-refractivity contribution in [3.8, 4) is 11.1 Å². The summed E-state index contributed by atoms with van der Waals surface area (Å²) in [5.74, 6) is 0. The van der Waals surface area contributed by atoms with E-state index in [4.69, 9.17) is 0 Å². The van der Waals surface area contributed by atoms with Crippen molar-refractivity contribution < 1.29 is 0 Å². The van der Waals surface area contributed by atoms with Gasteiger partial charge < -0.3 is 9.80 Å². The molecule has 0 saturated heterocycles. The predicted molar refractivity (Wildman–Crippen MR) is 292 cm³/mol. The molecular weight excluding hydrogens is 796 g/mol. The molecule has 0 aliphatic carbocycles. The first-order valence-electron chi connectivity index (χ1n) is 24.7. The van der Waals surface area contributed by atoms with Crippen LogP contribution in [-0.4, -0.2) is 6.71 Å². The maximum absolute atomic E-state index is 2.67. The van der Waals surface area contributed by atoms with Gasteiger partial charge >= 0.3 is 0 Å². The Morgan fingerprint density at radius 3 is 0.955 bits per heavy atom. The summed E-state index contributed by atoms with van der Waals surface area (Å²) in [5, 5.41) is 0. The maximum Gasteiger partial charge on any atom is 0.252 e. The number of benzene rings is 6. The Labute approximate surface area is 401 Å². The fourth-order valence-corrected chi connectivity index (χ4v) is 10.5. The monoisotopic (exact) mass is 875 g/mol. The first-order valence-corrected chi connectivity index (χ1v) is 24.7. The van der Waals surface area contributed by atoms with Crippen molar-refractivity contribution in [3.05, 3.63) is 147 Å². The van der Waals surface area contributed by atoms with Crippen molar-refractivity contribution in [1.82, 2.24) is 0 Å². The average molecular weight is 875 g/mol. The van der Waals surface area contributed by atoms with Crippen LogP contribution in [0, 0.1) is 20.8 Å². The summed E-state index contributed by atoms with van der Waals surface area (Å²) >= 11 is 0. The van der Waals surface area contributed by atoms with Crippen LogP contribution in [-0.2, 0) is 32.5 Å². The van der Waals surface area contributed by atoms with Gasteiger partial charge in [-0.25, -0.2) is 0 Å². The molecule has 0 spiro atoms. The second-order valence-electron chi connectivity index (χ2n) is 26.4. The molecular formula is C63H79BN2. The molecule has 66 heavy (non-hydrogen) atoms. The molecule has 0 aromatic heterocycles. The van der Waals surface area contributed by atoms with Crippen LogP contribution in [0.5, 0.6) is 0 Å². The Balaban J connectivity index is 1.61. The van der Waals surface area contributed by atoms with Crippen LogP contribution in [0.4, 0.5) is 34.1 Å². The fraction of sp³-hybridized carbons (Fsp3) is 0.429. The summed E-state index contributed by atoms with van der Waals surface area (Å²) in [7, 11) is 0. The molecule has 0 unspecified atom stereocenters. The number of hydrogen-bond acceptors (Lipinski definition) is 2. The van der Waals surface area contributed by atoms with Gasteiger partial charge in [0.25, 0.3) is 6.71 Å². The summed E-state index contributed by atoms with van der Waals surface area (Å²) in [5.41, 5.74) is 25.9. The van der Waals surface area contributed by atoms with Gasteiger partial charge in [0.15, 0.2) is 0 Å². The minimum absolute atomic E-state index is 0.0190. The van der Waals surface area contributed by atoms with Crippen LogP contribution in [0.3, 0.4) is 0 Å². The molecule has 0 N–H and O–H groups in total. The minimum atomic E-state index is -0.0504. The molecule has 0 amide bonds. The molecule has 0 bridgehead atoms. The van der Waals surface area contributed by atoms with Gasteiger partial charge in [-0.3, -0.25) is 0 Å². The second-order valence-corrected chi connectivity index (χ2v) is 26.4. The minimum Gasteiger partial charge on any atom is -0.311 e. The van der Waals surface area contributed by atoms with E-state index in [0.29, 0.717) is 0 Å². The first-order chi connectivity index (χ1) is 30.2. The second kappa shape index (κ2) is 15.5. The van der Waals surface area contributed by atoms with Gasteiger partial charge in [-0.05, 0) is 174 Å². The highest BCUT2D eigenvalue weighted by Crippen LogP contribution is 2.50. The lowest BCUT2D eigenvalue weighted by atomic mass is 9.33. The smallest absolute Gasteiger partial charge is 0.252 e. The third kappa shape index (κ3) is 8.47. The molecule has 344 valence electrons. The number of nitrogens with zero attached hydrogens (tertiary/aromatic N) is 2. The predicted octanol–water partition coefficient (Wildman–Crippen LogP) is 16.1. The zero-order valence-electron chi connectivity index (χ0n) is 44.7. The first kappa shape index (κ1) is 47.5. The lowest BCUT2D eigenvalue weighted by Gasteiger charge is -2.46. The van der Waals surface area contributed by atoms with Crippen molar-refractivity contribution in [3.63, 3.8) is 0 Å². The molecule has 6 aromatic carbocycles. The molecule has 3 heteroatoms. The molecule has 2 aliphatic rings. The summed E-state index contributed by atoms with van der Waals surface area (Å²) in [6.07, 6.45) is 0. The molecule has 0 fully saturated rings. The van der Waals surface area contributed by atoms with E-state index < -0.39 is 0 Å². The standard InChI is InChI=1S/C63H79BN2/c1-38-26-39(2)56(40(3)27-38)41-28-54-57-55(29-41)66(49-34-46(62(16,17)18)31-47(35-49)63(19,20)21)53-37-43(59(7,8)9)23-25-51(53)64(57)50-24-22-42(58(4,5)6)36-52(50)65(54)48-32-44(60(10,11)12)30-45(33-48)61(13,14)15/h22-37H,1-21H3. The Morgan fingerprint density at radius 2 is 0.652 bits per heavy atom. The Hall–Kier alpha value is -5.02. The fourth-order valence-electron chi connectivity index (χ4n) is 10.5. The molecule has 2 aliphatic heterocycles. The van der Waals surface area contributed by atoms with Crippen LogP contribution in [0.2, 0.25) is 0 Å². The van der Waals surface area contributed by atoms with E-state index in [2.05, 4.69) is 252 Å². The Kier molecular flexibility index (Phi) is 11.2. The van der Waals surface area contributed by atoms with Crippen molar-refractivity contribution in [2.75, 3.05) is 9.80 Å². The van der Waals surface area contributed by atoms with Crippen molar-refractivity contribution in [2.45, 2.75) is 178 Å². The van der Waals surface area contributed by atoms with Crippen LogP contribution in [0.15, 0.2) is 97.1 Å². The topological polar surface area (TPSA) is 6.48 Å². The highest BCUT2D eigenvalue weighted by atomic mass is 15.2. The van der Waals surface area contributed by atoms with Gasteiger partial charge in [-0.1, -0.05) is 179 Å². The van der Waals surface area contributed by atoms with E-state index in [1.54, 1.807) is 0 Å². The third-order valence-electron chi connectivity index (χ3n) is 14.6. The summed E-state index contributed by atoms with van der Waals surface area (Å²) < 4.78 is 0. The Bertz CT molecular complexity index is 2650. The molecule has 0 saturated carbocycles. The van der Waals surface area contributed by atoms with Crippen molar-refractivity contribution in [1.29, 1.82) is 0 Å². The van der Waals surface area contributed by atoms with Crippen molar-refractivity contribution in [2.24, 2.45) is 0 Å². The zero-order valence-corrected chi connectivity index (χ0v) is 44.7. The summed E-state index contributed by atoms with van der Waals surface area (Å²) in [4.78, 5) is 5.34. The van der Waals surface area contributed by atoms with E-state index in [-0.39, 0.29) is 39.2 Å². The quantitative estimate of drug-likeness (QED) is 0.163. The highest BCUT2D eigenvalue weighted by molar-refractivity contribution is 7.00. The normalized spacial score (nSPS) is 14.3. The van der Waals surface area contributed by atoms with Crippen LogP contribution < -0.4 is 26.2 Å². The van der Waals surface area contributed by atoms with Gasteiger partial charge in [0, 0.05) is 34.1 Å². The summed E-state index contributed by atoms with van der Waals surface area (Å²) in [6.45, 7) is 49.3. The molecule has 0 atom stereocenters.